The number of furan rings is 1. The summed E-state index contributed by atoms with van der Waals surface area (Å²) in [5.74, 6) is 1.15. The molecule has 4 fully saturated rings. The Bertz CT molecular complexity index is 1900. The SMILES string of the molecule is CC[C@H]1CCC[C@H](OC2CC[C@H](N(C)Cc3ccc(C)o3)C(C)O2)[C@@H](C)C(=O)C2=C[C@H]3[C@@H]4C[C@H](O[C@@H]5OC(C)[C@H](OC)C(OC)C5OC)C[C@H]4c4sc(C)nc4[C@H]3[C@@H]2CC(=O)O1. The molecule has 6 aliphatic rings. The molecule has 3 saturated heterocycles. The summed E-state index contributed by atoms with van der Waals surface area (Å²) in [5.41, 5.74) is 1.75. The second-order valence-electron chi connectivity index (χ2n) is 18.9. The van der Waals surface area contributed by atoms with Crippen LogP contribution < -0.4 is 0 Å². The summed E-state index contributed by atoms with van der Waals surface area (Å²) in [4.78, 5) is 37.8. The number of cyclic esters (lactones) is 1. The lowest BCUT2D eigenvalue weighted by Gasteiger charge is -2.44. The van der Waals surface area contributed by atoms with Crippen molar-refractivity contribution in [2.45, 2.75) is 185 Å². The minimum atomic E-state index is -0.638. The maximum atomic E-state index is 15.1. The summed E-state index contributed by atoms with van der Waals surface area (Å²) in [6.07, 6.45) is 5.26. The number of aryl methyl sites for hydroxylation is 2. The highest BCUT2D eigenvalue weighted by Crippen LogP contribution is 2.62. The van der Waals surface area contributed by atoms with E-state index in [9.17, 15) is 4.79 Å². The van der Waals surface area contributed by atoms with Crippen molar-refractivity contribution >= 4 is 23.1 Å². The van der Waals surface area contributed by atoms with Gasteiger partial charge in [-0.1, -0.05) is 19.9 Å². The van der Waals surface area contributed by atoms with E-state index in [1.54, 1.807) is 32.7 Å². The largest absolute Gasteiger partial charge is 0.465 e. The van der Waals surface area contributed by atoms with Gasteiger partial charge in [0.1, 0.15) is 35.9 Å². The molecule has 17 atom stereocenters. The summed E-state index contributed by atoms with van der Waals surface area (Å²) in [7, 11) is 7.10. The third kappa shape index (κ3) is 9.16. The Kier molecular flexibility index (Phi) is 14.5. The number of carbonyl (C=O) groups is 2. The monoisotopic (exact) mass is 882 g/mol. The zero-order valence-electron chi connectivity index (χ0n) is 38.4. The molecule has 2 aromatic heterocycles. The van der Waals surface area contributed by atoms with Crippen LogP contribution in [0.2, 0.25) is 0 Å². The van der Waals surface area contributed by atoms with Crippen LogP contribution >= 0.6 is 11.3 Å². The number of carbonyl (C=O) groups excluding carboxylic acids is 2. The Hall–Kier alpha value is -2.53. The molecule has 8 rings (SSSR count). The molecular weight excluding hydrogens is 813 g/mol. The van der Waals surface area contributed by atoms with Gasteiger partial charge in [0.15, 0.2) is 18.4 Å². The van der Waals surface area contributed by atoms with Gasteiger partial charge < -0.3 is 42.3 Å². The molecule has 3 aliphatic heterocycles. The molecule has 62 heavy (non-hydrogen) atoms. The van der Waals surface area contributed by atoms with Crippen molar-refractivity contribution in [3.05, 3.63) is 50.9 Å². The van der Waals surface area contributed by atoms with Crippen molar-refractivity contribution in [1.29, 1.82) is 0 Å². The normalized spacial score (nSPS) is 40.2. The van der Waals surface area contributed by atoms with Gasteiger partial charge in [0.2, 0.25) is 0 Å². The molecule has 2 aromatic rings. The molecule has 0 amide bonds. The third-order valence-electron chi connectivity index (χ3n) is 15.1. The second-order valence-corrected chi connectivity index (χ2v) is 20.2. The predicted octanol–water partition coefficient (Wildman–Crippen LogP) is 7.80. The van der Waals surface area contributed by atoms with E-state index < -0.39 is 24.6 Å². The lowest BCUT2D eigenvalue weighted by Crippen LogP contribution is -2.59. The minimum absolute atomic E-state index is 0.00794. The third-order valence-corrected chi connectivity index (χ3v) is 16.2. The van der Waals surface area contributed by atoms with Crippen LogP contribution in [0.4, 0.5) is 0 Å². The number of ketones is 1. The van der Waals surface area contributed by atoms with E-state index in [1.807, 2.05) is 32.9 Å². The van der Waals surface area contributed by atoms with Crippen molar-refractivity contribution in [2.24, 2.45) is 23.7 Å². The second kappa shape index (κ2) is 19.5. The fourth-order valence-corrected chi connectivity index (χ4v) is 13.2. The van der Waals surface area contributed by atoms with Crippen LogP contribution in [0.5, 0.6) is 0 Å². The Morgan fingerprint density at radius 3 is 2.35 bits per heavy atom. The number of fused-ring (bicyclic) bond motifs is 8. The highest BCUT2D eigenvalue weighted by Gasteiger charge is 2.57. The standard InChI is InChI=1S/C48H70N2O11S/c1-11-29-13-12-14-38(61-40-18-17-37(26(4)57-40)50(7)23-30-16-15-24(2)56-30)25(3)43(52)35-21-33-32-19-31(60-48-46(55-10)45(54-9)44(53-8)27(5)58-48)20-36(32)47-42(49-28(6)62-47)41(33)34(35)22-39(51)59-29/h15-16,21,25-27,29,31-34,36-38,40-41,44-46,48H,11-14,17-20,22-23H2,1-10H3/t25-,26?,27?,29+,31+,32+,33+,34-,36-,37+,38+,40?,41-,44+,45?,46?,48+/m1/s1. The van der Waals surface area contributed by atoms with Gasteiger partial charge in [0.25, 0.3) is 0 Å². The molecule has 1 saturated carbocycles. The molecule has 0 spiro atoms. The first-order valence-electron chi connectivity index (χ1n) is 23.2. The number of thiazole rings is 1. The number of likely N-dealkylation sites (N-methyl/N-ethyl adjacent to an activating group) is 1. The molecule has 14 heteroatoms. The summed E-state index contributed by atoms with van der Waals surface area (Å²) in [6, 6.07) is 4.24. The van der Waals surface area contributed by atoms with Crippen LogP contribution in [0.3, 0.4) is 0 Å². The maximum absolute atomic E-state index is 15.1. The highest BCUT2D eigenvalue weighted by molar-refractivity contribution is 7.11. The zero-order valence-corrected chi connectivity index (χ0v) is 39.2. The molecule has 0 aromatic carbocycles. The quantitative estimate of drug-likeness (QED) is 0.203. The Balaban J connectivity index is 1.03. The van der Waals surface area contributed by atoms with E-state index >= 15 is 4.79 Å². The first-order valence-corrected chi connectivity index (χ1v) is 24.0. The van der Waals surface area contributed by atoms with E-state index in [-0.39, 0.29) is 96.5 Å². The lowest BCUT2D eigenvalue weighted by atomic mass is 9.67. The summed E-state index contributed by atoms with van der Waals surface area (Å²) >= 11 is 1.74. The molecule has 0 N–H and O–H groups in total. The molecule has 5 heterocycles. The maximum Gasteiger partial charge on any atom is 0.306 e. The fraction of sp³-hybridized carbons (Fsp3) is 0.771. The number of ether oxygens (including phenoxy) is 8. The number of Topliss-reactive ketones (excluding diaryl/α,β-unsaturated/α-hetero) is 1. The van der Waals surface area contributed by atoms with E-state index in [1.165, 1.54) is 4.88 Å². The topological polar surface area (TPSA) is 137 Å². The van der Waals surface area contributed by atoms with Crippen LogP contribution in [0, 0.1) is 37.5 Å². The molecule has 344 valence electrons. The number of allylic oxidation sites excluding steroid dienone is 2. The fourth-order valence-electron chi connectivity index (χ4n) is 12.0. The van der Waals surface area contributed by atoms with Crippen LogP contribution in [-0.2, 0) is 54.0 Å². The Morgan fingerprint density at radius 1 is 0.887 bits per heavy atom. The number of aromatic nitrogens is 1. The zero-order chi connectivity index (χ0) is 44.0. The van der Waals surface area contributed by atoms with E-state index in [0.29, 0.717) is 19.4 Å². The number of nitrogens with zero attached hydrogens (tertiary/aromatic N) is 2. The van der Waals surface area contributed by atoms with Gasteiger partial charge in [-0.25, -0.2) is 4.98 Å². The van der Waals surface area contributed by atoms with Crippen molar-refractivity contribution in [3.63, 3.8) is 0 Å². The van der Waals surface area contributed by atoms with Crippen LogP contribution in [-0.4, -0.2) is 117 Å². The molecule has 3 aliphatic carbocycles. The van der Waals surface area contributed by atoms with Crippen molar-refractivity contribution in [3.8, 4) is 0 Å². The molecule has 0 bridgehead atoms. The average Bonchev–Trinajstić information content (AvgIpc) is 4.03. The smallest absolute Gasteiger partial charge is 0.306 e. The van der Waals surface area contributed by atoms with Gasteiger partial charge in [-0.05, 0) is 116 Å². The highest BCUT2D eigenvalue weighted by atomic mass is 32.1. The Morgan fingerprint density at radius 2 is 1.66 bits per heavy atom. The molecular formula is C48H70N2O11S. The number of hydrogen-bond donors (Lipinski definition) is 0. The Labute approximate surface area is 371 Å². The number of methoxy groups -OCH3 is 3. The van der Waals surface area contributed by atoms with Crippen molar-refractivity contribution in [1.82, 2.24) is 9.88 Å². The summed E-state index contributed by atoms with van der Waals surface area (Å²) < 4.78 is 56.4. The molecule has 0 radical (unpaired) electrons. The number of hydrogen-bond acceptors (Lipinski definition) is 14. The lowest BCUT2D eigenvalue weighted by molar-refractivity contribution is -0.314. The first kappa shape index (κ1) is 46.0. The predicted molar refractivity (Wildman–Crippen MR) is 232 cm³/mol. The number of esters is 1. The van der Waals surface area contributed by atoms with Gasteiger partial charge >= 0.3 is 5.97 Å². The van der Waals surface area contributed by atoms with Gasteiger partial charge in [-0.3, -0.25) is 14.5 Å². The summed E-state index contributed by atoms with van der Waals surface area (Å²) in [6.45, 7) is 12.9. The minimum Gasteiger partial charge on any atom is -0.465 e. The van der Waals surface area contributed by atoms with E-state index in [2.05, 4.69) is 38.8 Å². The van der Waals surface area contributed by atoms with Gasteiger partial charge in [0, 0.05) is 55.9 Å². The van der Waals surface area contributed by atoms with E-state index in [4.69, 9.17) is 47.3 Å². The summed E-state index contributed by atoms with van der Waals surface area (Å²) in [5, 5.41) is 0.991. The van der Waals surface area contributed by atoms with Crippen LogP contribution in [0.15, 0.2) is 28.2 Å². The van der Waals surface area contributed by atoms with Crippen molar-refractivity contribution < 1.29 is 51.9 Å². The van der Waals surface area contributed by atoms with Gasteiger partial charge in [0.05, 0.1) is 48.1 Å². The average molecular weight is 883 g/mol. The van der Waals surface area contributed by atoms with Crippen LogP contribution in [0.1, 0.15) is 124 Å². The molecule has 5 unspecified atom stereocenters. The van der Waals surface area contributed by atoms with Crippen LogP contribution in [0.25, 0.3) is 0 Å². The first-order chi connectivity index (χ1) is 29.8. The number of rotatable bonds is 11. The van der Waals surface area contributed by atoms with Crippen molar-refractivity contribution in [2.75, 3.05) is 28.4 Å². The van der Waals surface area contributed by atoms with Gasteiger partial charge in [-0.2, -0.15) is 0 Å². The molecule has 13 nitrogen and oxygen atoms in total. The van der Waals surface area contributed by atoms with E-state index in [0.717, 1.165) is 66.3 Å². The van der Waals surface area contributed by atoms with Gasteiger partial charge in [-0.15, -0.1) is 11.3 Å².